The standard InChI is InChI=1S/C21H20ClN3O3/c1-13-12-18(14(2)25(13)15-8-10-16(28-3)11-9-15)21(27)24-23-20(26)17-6-4-5-7-19(17)22/h4-12H,1-3H3,(H,23,26)(H,24,27). The summed E-state index contributed by atoms with van der Waals surface area (Å²) in [6.45, 7) is 3.76. The first kappa shape index (κ1) is 19.5. The van der Waals surface area contributed by atoms with Crippen LogP contribution in [0.2, 0.25) is 5.02 Å². The quantitative estimate of drug-likeness (QED) is 0.657. The van der Waals surface area contributed by atoms with E-state index in [4.69, 9.17) is 16.3 Å². The lowest BCUT2D eigenvalue weighted by Gasteiger charge is -2.11. The Labute approximate surface area is 168 Å². The zero-order chi connectivity index (χ0) is 20.3. The lowest BCUT2D eigenvalue weighted by molar-refractivity contribution is 0.0846. The van der Waals surface area contributed by atoms with Crippen LogP contribution in [0.1, 0.15) is 32.1 Å². The van der Waals surface area contributed by atoms with Crippen LogP contribution in [0, 0.1) is 13.8 Å². The molecule has 0 aliphatic rings. The molecule has 2 amide bonds. The van der Waals surface area contributed by atoms with Crippen molar-refractivity contribution < 1.29 is 14.3 Å². The van der Waals surface area contributed by atoms with Gasteiger partial charge in [-0.1, -0.05) is 23.7 Å². The fourth-order valence-corrected chi connectivity index (χ4v) is 3.24. The normalized spacial score (nSPS) is 10.4. The molecule has 0 spiro atoms. The number of nitrogens with zero attached hydrogens (tertiary/aromatic N) is 1. The summed E-state index contributed by atoms with van der Waals surface area (Å²) in [4.78, 5) is 24.8. The van der Waals surface area contributed by atoms with Crippen LogP contribution in [0.4, 0.5) is 0 Å². The van der Waals surface area contributed by atoms with E-state index in [1.165, 1.54) is 0 Å². The van der Waals surface area contributed by atoms with Gasteiger partial charge in [-0.3, -0.25) is 20.4 Å². The first-order chi connectivity index (χ1) is 13.4. The Hall–Kier alpha value is -3.25. The highest BCUT2D eigenvalue weighted by Gasteiger charge is 2.18. The van der Waals surface area contributed by atoms with E-state index in [1.54, 1.807) is 37.4 Å². The Bertz CT molecular complexity index is 1030. The lowest BCUT2D eigenvalue weighted by Crippen LogP contribution is -2.41. The molecule has 0 atom stereocenters. The van der Waals surface area contributed by atoms with E-state index >= 15 is 0 Å². The molecule has 2 aromatic carbocycles. The molecular weight excluding hydrogens is 378 g/mol. The van der Waals surface area contributed by atoms with Crippen molar-refractivity contribution in [3.8, 4) is 11.4 Å². The van der Waals surface area contributed by atoms with Crippen molar-refractivity contribution in [1.82, 2.24) is 15.4 Å². The zero-order valence-corrected chi connectivity index (χ0v) is 16.5. The lowest BCUT2D eigenvalue weighted by atomic mass is 10.2. The zero-order valence-electron chi connectivity index (χ0n) is 15.7. The van der Waals surface area contributed by atoms with Crippen LogP contribution < -0.4 is 15.6 Å². The Morgan fingerprint density at radius 1 is 0.929 bits per heavy atom. The number of aromatic nitrogens is 1. The molecule has 0 unspecified atom stereocenters. The molecule has 7 heteroatoms. The maximum Gasteiger partial charge on any atom is 0.271 e. The minimum absolute atomic E-state index is 0.285. The van der Waals surface area contributed by atoms with Gasteiger partial charge in [0.15, 0.2) is 0 Å². The number of nitrogens with one attached hydrogen (secondary N) is 2. The Morgan fingerprint density at radius 2 is 1.54 bits per heavy atom. The number of halogens is 1. The van der Waals surface area contributed by atoms with Gasteiger partial charge in [-0.25, -0.2) is 0 Å². The predicted octanol–water partition coefficient (Wildman–Crippen LogP) is 3.83. The second-order valence-corrected chi connectivity index (χ2v) is 6.61. The predicted molar refractivity (Wildman–Crippen MR) is 108 cm³/mol. The van der Waals surface area contributed by atoms with Crippen molar-refractivity contribution in [1.29, 1.82) is 0 Å². The average Bonchev–Trinajstić information content (AvgIpc) is 3.00. The molecule has 0 saturated carbocycles. The molecule has 0 bridgehead atoms. The van der Waals surface area contributed by atoms with E-state index in [-0.39, 0.29) is 5.56 Å². The van der Waals surface area contributed by atoms with Crippen LogP contribution >= 0.6 is 11.6 Å². The number of hydrazine groups is 1. The number of carbonyl (C=O) groups excluding carboxylic acids is 2. The monoisotopic (exact) mass is 397 g/mol. The van der Waals surface area contributed by atoms with Gasteiger partial charge in [-0.15, -0.1) is 0 Å². The fraction of sp³-hybridized carbons (Fsp3) is 0.143. The van der Waals surface area contributed by atoms with Gasteiger partial charge in [0.25, 0.3) is 11.8 Å². The number of carbonyl (C=O) groups is 2. The van der Waals surface area contributed by atoms with Crippen molar-refractivity contribution in [2.24, 2.45) is 0 Å². The molecule has 3 rings (SSSR count). The molecule has 1 aromatic heterocycles. The number of hydrogen-bond donors (Lipinski definition) is 2. The highest BCUT2D eigenvalue weighted by molar-refractivity contribution is 6.33. The van der Waals surface area contributed by atoms with E-state index in [9.17, 15) is 9.59 Å². The summed E-state index contributed by atoms with van der Waals surface area (Å²) in [5.74, 6) is -0.136. The maximum atomic E-state index is 12.6. The third kappa shape index (κ3) is 3.87. The van der Waals surface area contributed by atoms with Gasteiger partial charge in [-0.2, -0.15) is 0 Å². The summed E-state index contributed by atoms with van der Waals surface area (Å²) >= 11 is 6.00. The number of amides is 2. The van der Waals surface area contributed by atoms with Crippen molar-refractivity contribution in [3.05, 3.63) is 82.1 Å². The van der Waals surface area contributed by atoms with Crippen molar-refractivity contribution in [3.63, 3.8) is 0 Å². The van der Waals surface area contributed by atoms with E-state index in [0.717, 1.165) is 22.8 Å². The Morgan fingerprint density at radius 3 is 2.14 bits per heavy atom. The molecular formula is C21H20ClN3O3. The molecule has 0 radical (unpaired) electrons. The number of rotatable bonds is 4. The summed E-state index contributed by atoms with van der Waals surface area (Å²) in [6.07, 6.45) is 0. The molecule has 0 aliphatic carbocycles. The van der Waals surface area contributed by atoms with E-state index in [1.807, 2.05) is 42.7 Å². The van der Waals surface area contributed by atoms with Gasteiger partial charge in [0.2, 0.25) is 0 Å². The maximum absolute atomic E-state index is 12.6. The van der Waals surface area contributed by atoms with Gasteiger partial charge < -0.3 is 9.30 Å². The van der Waals surface area contributed by atoms with Crippen LogP contribution in [0.5, 0.6) is 5.75 Å². The molecule has 144 valence electrons. The summed E-state index contributed by atoms with van der Waals surface area (Å²) in [6, 6.07) is 15.9. The van der Waals surface area contributed by atoms with E-state index < -0.39 is 11.8 Å². The number of benzene rings is 2. The largest absolute Gasteiger partial charge is 0.497 e. The second-order valence-electron chi connectivity index (χ2n) is 6.21. The smallest absolute Gasteiger partial charge is 0.271 e. The number of aryl methyl sites for hydroxylation is 1. The SMILES string of the molecule is COc1ccc(-n2c(C)cc(C(=O)NNC(=O)c3ccccc3Cl)c2C)cc1. The number of methoxy groups -OCH3 is 1. The van der Waals surface area contributed by atoms with Crippen LogP contribution in [0.15, 0.2) is 54.6 Å². The minimum atomic E-state index is -0.483. The minimum Gasteiger partial charge on any atom is -0.497 e. The van der Waals surface area contributed by atoms with Crippen LogP contribution in [-0.4, -0.2) is 23.5 Å². The van der Waals surface area contributed by atoms with Gasteiger partial charge in [-0.05, 0) is 56.3 Å². The molecule has 1 heterocycles. The molecule has 2 N–H and O–H groups in total. The van der Waals surface area contributed by atoms with Crippen molar-refractivity contribution in [2.45, 2.75) is 13.8 Å². The van der Waals surface area contributed by atoms with Crippen molar-refractivity contribution in [2.75, 3.05) is 7.11 Å². The van der Waals surface area contributed by atoms with Gasteiger partial charge >= 0.3 is 0 Å². The van der Waals surface area contributed by atoms with Crippen LogP contribution in [0.3, 0.4) is 0 Å². The summed E-state index contributed by atoms with van der Waals surface area (Å²) in [5, 5.41) is 0.312. The van der Waals surface area contributed by atoms with Gasteiger partial charge in [0.1, 0.15) is 5.75 Å². The summed E-state index contributed by atoms with van der Waals surface area (Å²) in [7, 11) is 1.61. The van der Waals surface area contributed by atoms with Crippen LogP contribution in [-0.2, 0) is 0 Å². The van der Waals surface area contributed by atoms with Crippen LogP contribution in [0.25, 0.3) is 5.69 Å². The van der Waals surface area contributed by atoms with E-state index in [2.05, 4.69) is 10.9 Å². The highest BCUT2D eigenvalue weighted by atomic mass is 35.5. The van der Waals surface area contributed by atoms with Gasteiger partial charge in [0.05, 0.1) is 23.3 Å². The Kier molecular flexibility index (Phi) is 5.70. The summed E-state index contributed by atoms with van der Waals surface area (Å²) in [5.41, 5.74) is 8.16. The number of ether oxygens (including phenoxy) is 1. The van der Waals surface area contributed by atoms with E-state index in [0.29, 0.717) is 10.6 Å². The first-order valence-corrected chi connectivity index (χ1v) is 8.98. The topological polar surface area (TPSA) is 72.4 Å². The molecule has 3 aromatic rings. The van der Waals surface area contributed by atoms with Crippen molar-refractivity contribution >= 4 is 23.4 Å². The third-order valence-corrected chi connectivity index (χ3v) is 4.74. The average molecular weight is 398 g/mol. The molecule has 6 nitrogen and oxygen atoms in total. The second kappa shape index (κ2) is 8.19. The Balaban J connectivity index is 1.77. The first-order valence-electron chi connectivity index (χ1n) is 8.61. The molecule has 0 aliphatic heterocycles. The number of hydrogen-bond acceptors (Lipinski definition) is 3. The highest BCUT2D eigenvalue weighted by Crippen LogP contribution is 2.22. The summed E-state index contributed by atoms with van der Waals surface area (Å²) < 4.78 is 7.15. The van der Waals surface area contributed by atoms with Gasteiger partial charge in [0, 0.05) is 17.1 Å². The fourth-order valence-electron chi connectivity index (χ4n) is 3.01. The molecule has 28 heavy (non-hydrogen) atoms. The molecule has 0 saturated heterocycles. The third-order valence-electron chi connectivity index (χ3n) is 4.41. The molecule has 0 fully saturated rings.